The predicted molar refractivity (Wildman–Crippen MR) is 117 cm³/mol. The Morgan fingerprint density at radius 2 is 1.89 bits per heavy atom. The van der Waals surface area contributed by atoms with Crippen LogP contribution in [-0.2, 0) is 25.6 Å². The Balaban J connectivity index is 1.36. The molecule has 3 fully saturated rings. The van der Waals surface area contributed by atoms with E-state index in [2.05, 4.69) is 55.5 Å². The number of benzene rings is 1. The van der Waals surface area contributed by atoms with Crippen molar-refractivity contribution >= 4 is 22.6 Å². The molecule has 5 heteroatoms. The first-order valence-electron chi connectivity index (χ1n) is 10.7. The molecule has 4 rings (SSSR count). The van der Waals surface area contributed by atoms with Gasteiger partial charge in [-0.05, 0) is 36.2 Å². The maximum absolute atomic E-state index is 6.59. The van der Waals surface area contributed by atoms with E-state index in [1.807, 2.05) is 18.2 Å². The number of hydrogen-bond donors (Lipinski definition) is 0. The van der Waals surface area contributed by atoms with E-state index in [0.29, 0.717) is 25.0 Å². The van der Waals surface area contributed by atoms with Crippen LogP contribution in [0.25, 0.3) is 0 Å². The fourth-order valence-electron chi connectivity index (χ4n) is 4.90. The van der Waals surface area contributed by atoms with Gasteiger partial charge in [-0.25, -0.2) is 0 Å². The third-order valence-corrected chi connectivity index (χ3v) is 7.88. The fourth-order valence-corrected chi connectivity index (χ4v) is 5.86. The molecule has 2 aliphatic heterocycles. The van der Waals surface area contributed by atoms with Crippen molar-refractivity contribution in [2.24, 2.45) is 17.8 Å². The number of rotatable bonds is 6. The van der Waals surface area contributed by atoms with Crippen molar-refractivity contribution in [3.8, 4) is 0 Å². The minimum absolute atomic E-state index is 0.0257. The van der Waals surface area contributed by atoms with Gasteiger partial charge in [-0.15, -0.1) is 0 Å². The maximum atomic E-state index is 6.59. The van der Waals surface area contributed by atoms with Crippen molar-refractivity contribution in [1.82, 2.24) is 0 Å². The minimum atomic E-state index is -0.199. The highest BCUT2D eigenvalue weighted by molar-refractivity contribution is 14.1. The highest BCUT2D eigenvalue weighted by Gasteiger charge is 2.53. The summed E-state index contributed by atoms with van der Waals surface area (Å²) < 4.78 is 25.4. The molecule has 156 valence electrons. The van der Waals surface area contributed by atoms with E-state index in [-0.39, 0.29) is 34.6 Å². The van der Waals surface area contributed by atoms with Crippen LogP contribution in [0.1, 0.15) is 45.6 Å². The molecule has 0 amide bonds. The molecule has 0 bridgehead atoms. The van der Waals surface area contributed by atoms with E-state index in [1.165, 1.54) is 18.4 Å². The van der Waals surface area contributed by atoms with Gasteiger partial charge in [-0.1, -0.05) is 80.1 Å². The third-order valence-electron chi connectivity index (χ3n) is 6.59. The SMILES string of the molecule is CC(C)[C@@H]1CC[C@H](C)C[C@H]1O[C@@H]1O[C@H]2[C@H](OC[C@H]2OCc2ccccc2)[C@H]1I. The summed E-state index contributed by atoms with van der Waals surface area (Å²) in [5.41, 5.74) is 1.18. The first-order chi connectivity index (χ1) is 13.5. The number of fused-ring (bicyclic) bond motifs is 1. The smallest absolute Gasteiger partial charge is 0.172 e. The second kappa shape index (κ2) is 9.29. The van der Waals surface area contributed by atoms with Gasteiger partial charge < -0.3 is 18.9 Å². The van der Waals surface area contributed by atoms with Crippen molar-refractivity contribution in [2.45, 2.75) is 81.3 Å². The van der Waals surface area contributed by atoms with Gasteiger partial charge in [-0.3, -0.25) is 0 Å². The molecule has 3 aliphatic rings. The van der Waals surface area contributed by atoms with E-state index >= 15 is 0 Å². The van der Waals surface area contributed by atoms with E-state index in [4.69, 9.17) is 18.9 Å². The van der Waals surface area contributed by atoms with E-state index in [0.717, 1.165) is 12.3 Å². The Hall–Kier alpha value is -0.210. The van der Waals surface area contributed by atoms with E-state index in [1.54, 1.807) is 0 Å². The molecular formula is C23H33IO4. The molecule has 1 aromatic rings. The summed E-state index contributed by atoms with van der Waals surface area (Å²) in [5.74, 6) is 1.99. The molecule has 4 nitrogen and oxygen atoms in total. The van der Waals surface area contributed by atoms with Gasteiger partial charge in [0.05, 0.1) is 23.2 Å². The topological polar surface area (TPSA) is 36.9 Å². The molecule has 2 heterocycles. The van der Waals surface area contributed by atoms with Crippen LogP contribution in [0.2, 0.25) is 0 Å². The lowest BCUT2D eigenvalue weighted by Gasteiger charge is -2.38. The molecule has 0 aromatic heterocycles. The van der Waals surface area contributed by atoms with Crippen molar-refractivity contribution < 1.29 is 18.9 Å². The van der Waals surface area contributed by atoms with Gasteiger partial charge >= 0.3 is 0 Å². The van der Waals surface area contributed by atoms with E-state index < -0.39 is 0 Å². The molecule has 1 aromatic carbocycles. The average molecular weight is 500 g/mol. The predicted octanol–water partition coefficient (Wildman–Crippen LogP) is 4.98. The number of halogens is 1. The standard InChI is InChI=1S/C23H33IO4/c1-14(2)17-10-9-15(3)11-18(17)27-23-20(24)22-21(28-23)19(13-26-22)25-12-16-7-5-4-6-8-16/h4-8,14-15,17-23H,9-13H2,1-3H3/t15-,17-,18+,19+,20+,21+,22+,23+/m0/s1. The van der Waals surface area contributed by atoms with Crippen LogP contribution in [0.15, 0.2) is 30.3 Å². The van der Waals surface area contributed by atoms with Gasteiger partial charge in [0.1, 0.15) is 18.3 Å². The molecule has 0 spiro atoms. The zero-order chi connectivity index (χ0) is 19.7. The summed E-state index contributed by atoms with van der Waals surface area (Å²) >= 11 is 2.46. The molecule has 0 N–H and O–H groups in total. The van der Waals surface area contributed by atoms with Crippen LogP contribution < -0.4 is 0 Å². The molecular weight excluding hydrogens is 467 g/mol. The highest BCUT2D eigenvalue weighted by atomic mass is 127. The fraction of sp³-hybridized carbons (Fsp3) is 0.739. The molecule has 1 aliphatic carbocycles. The highest BCUT2D eigenvalue weighted by Crippen LogP contribution is 2.41. The quantitative estimate of drug-likeness (QED) is 0.408. The molecule has 1 saturated carbocycles. The summed E-state index contributed by atoms with van der Waals surface area (Å²) in [4.78, 5) is 0. The Morgan fingerprint density at radius 3 is 2.64 bits per heavy atom. The van der Waals surface area contributed by atoms with Crippen LogP contribution in [0.4, 0.5) is 0 Å². The molecule has 0 unspecified atom stereocenters. The van der Waals surface area contributed by atoms with Crippen LogP contribution in [-0.4, -0.2) is 41.2 Å². The Labute approximate surface area is 182 Å². The van der Waals surface area contributed by atoms with Crippen molar-refractivity contribution in [3.63, 3.8) is 0 Å². The Bertz CT molecular complexity index is 624. The average Bonchev–Trinajstić information content (AvgIpc) is 3.21. The summed E-state index contributed by atoms with van der Waals surface area (Å²) in [6.45, 7) is 8.17. The molecule has 0 radical (unpaired) electrons. The van der Waals surface area contributed by atoms with Gasteiger partial charge in [0.2, 0.25) is 0 Å². The molecule has 28 heavy (non-hydrogen) atoms. The summed E-state index contributed by atoms with van der Waals surface area (Å²) in [6.07, 6.45) is 3.79. The summed E-state index contributed by atoms with van der Waals surface area (Å²) in [7, 11) is 0. The van der Waals surface area contributed by atoms with Crippen LogP contribution in [0.3, 0.4) is 0 Å². The first-order valence-corrected chi connectivity index (χ1v) is 12.0. The lowest BCUT2D eigenvalue weighted by Crippen LogP contribution is -2.39. The van der Waals surface area contributed by atoms with Crippen molar-refractivity contribution in [2.75, 3.05) is 6.61 Å². The van der Waals surface area contributed by atoms with Gasteiger partial charge in [0.15, 0.2) is 6.29 Å². The first kappa shape index (κ1) is 21.0. The number of alkyl halides is 1. The molecule has 8 atom stereocenters. The van der Waals surface area contributed by atoms with Crippen LogP contribution in [0.5, 0.6) is 0 Å². The van der Waals surface area contributed by atoms with Crippen molar-refractivity contribution in [1.29, 1.82) is 0 Å². The monoisotopic (exact) mass is 500 g/mol. The van der Waals surface area contributed by atoms with Gasteiger partial charge in [-0.2, -0.15) is 0 Å². The van der Waals surface area contributed by atoms with Gasteiger partial charge in [0, 0.05) is 0 Å². The van der Waals surface area contributed by atoms with E-state index in [9.17, 15) is 0 Å². The lowest BCUT2D eigenvalue weighted by atomic mass is 9.75. The van der Waals surface area contributed by atoms with Crippen LogP contribution >= 0.6 is 22.6 Å². The zero-order valence-electron chi connectivity index (χ0n) is 17.1. The summed E-state index contributed by atoms with van der Waals surface area (Å²) in [5, 5.41) is 0. The Kier molecular flexibility index (Phi) is 6.98. The number of hydrogen-bond acceptors (Lipinski definition) is 4. The summed E-state index contributed by atoms with van der Waals surface area (Å²) in [6, 6.07) is 10.3. The number of ether oxygens (including phenoxy) is 4. The normalized spacial score (nSPS) is 40.8. The van der Waals surface area contributed by atoms with Crippen molar-refractivity contribution in [3.05, 3.63) is 35.9 Å². The van der Waals surface area contributed by atoms with Crippen LogP contribution in [0, 0.1) is 17.8 Å². The Morgan fingerprint density at radius 1 is 1.11 bits per heavy atom. The minimum Gasteiger partial charge on any atom is -0.371 e. The lowest BCUT2D eigenvalue weighted by molar-refractivity contribution is -0.198. The largest absolute Gasteiger partial charge is 0.371 e. The zero-order valence-corrected chi connectivity index (χ0v) is 19.3. The maximum Gasteiger partial charge on any atom is 0.172 e. The second-order valence-electron chi connectivity index (χ2n) is 9.05. The molecule has 2 saturated heterocycles. The second-order valence-corrected chi connectivity index (χ2v) is 10.5. The van der Waals surface area contributed by atoms with Gasteiger partial charge in [0.25, 0.3) is 0 Å². The third kappa shape index (κ3) is 4.59.